The van der Waals surface area contributed by atoms with E-state index in [2.05, 4.69) is 10.6 Å². The summed E-state index contributed by atoms with van der Waals surface area (Å²) in [6.07, 6.45) is 0. The van der Waals surface area contributed by atoms with Crippen LogP contribution in [0, 0.1) is 19.7 Å². The van der Waals surface area contributed by atoms with Crippen molar-refractivity contribution in [2.45, 2.75) is 20.8 Å². The van der Waals surface area contributed by atoms with E-state index in [-0.39, 0.29) is 17.2 Å². The summed E-state index contributed by atoms with van der Waals surface area (Å²) in [6, 6.07) is 5.38. The lowest BCUT2D eigenvalue weighted by atomic mass is 10.1. The third-order valence-electron chi connectivity index (χ3n) is 3.32. The van der Waals surface area contributed by atoms with Crippen molar-refractivity contribution in [3.05, 3.63) is 46.1 Å². The molecule has 0 saturated heterocycles. The van der Waals surface area contributed by atoms with Crippen molar-refractivity contribution < 1.29 is 23.5 Å². The number of aryl methyl sites for hydroxylation is 1. The van der Waals surface area contributed by atoms with E-state index >= 15 is 0 Å². The molecule has 1 heterocycles. The molecule has 2 rings (SSSR count). The van der Waals surface area contributed by atoms with Crippen molar-refractivity contribution in [1.29, 1.82) is 0 Å². The number of hydrogen-bond acceptors (Lipinski definition) is 5. The second-order valence-corrected chi connectivity index (χ2v) is 6.53. The van der Waals surface area contributed by atoms with Crippen LogP contribution < -0.4 is 10.6 Å². The summed E-state index contributed by atoms with van der Waals surface area (Å²) >= 11 is 1.26. The molecule has 0 aliphatic rings. The highest BCUT2D eigenvalue weighted by molar-refractivity contribution is 7.16. The first-order chi connectivity index (χ1) is 11.8. The van der Waals surface area contributed by atoms with Gasteiger partial charge in [0.25, 0.3) is 5.91 Å². The van der Waals surface area contributed by atoms with E-state index in [0.29, 0.717) is 10.6 Å². The van der Waals surface area contributed by atoms with Crippen molar-refractivity contribution in [2.75, 3.05) is 17.2 Å². The highest BCUT2D eigenvalue weighted by atomic mass is 32.1. The molecule has 2 aromatic rings. The Morgan fingerprint density at radius 3 is 2.56 bits per heavy atom. The summed E-state index contributed by atoms with van der Waals surface area (Å²) in [6.45, 7) is 4.37. The highest BCUT2D eigenvalue weighted by Crippen LogP contribution is 2.32. The highest BCUT2D eigenvalue weighted by Gasteiger charge is 2.22. The monoisotopic (exact) mass is 364 g/mol. The minimum Gasteiger partial charge on any atom is -0.452 e. The lowest BCUT2D eigenvalue weighted by Crippen LogP contribution is -2.21. The molecule has 0 aliphatic carbocycles. The Morgan fingerprint density at radius 2 is 1.92 bits per heavy atom. The smallest absolute Gasteiger partial charge is 0.341 e. The number of carbonyl (C=O) groups excluding carboxylic acids is 3. The van der Waals surface area contributed by atoms with E-state index < -0.39 is 24.3 Å². The van der Waals surface area contributed by atoms with Crippen LogP contribution in [0.25, 0.3) is 0 Å². The molecule has 0 spiro atoms. The summed E-state index contributed by atoms with van der Waals surface area (Å²) in [7, 11) is 0. The Hall–Kier alpha value is -2.74. The van der Waals surface area contributed by atoms with Crippen LogP contribution in [0.1, 0.15) is 27.7 Å². The molecule has 0 unspecified atom stereocenters. The third kappa shape index (κ3) is 4.87. The SMILES string of the molecule is CC(=O)Nc1sc(C)c(C)c1C(=O)OCC(=O)Nc1cccc(F)c1. The summed E-state index contributed by atoms with van der Waals surface area (Å²) in [5.41, 5.74) is 1.18. The van der Waals surface area contributed by atoms with E-state index in [0.717, 1.165) is 10.9 Å². The van der Waals surface area contributed by atoms with Crippen LogP contribution in [-0.2, 0) is 14.3 Å². The summed E-state index contributed by atoms with van der Waals surface area (Å²) < 4.78 is 18.1. The standard InChI is InChI=1S/C17H17FN2O4S/c1-9-10(2)25-16(19-11(3)21)15(9)17(23)24-8-14(22)20-13-6-4-5-12(18)7-13/h4-7H,8H2,1-3H3,(H,19,21)(H,20,22). The molecular formula is C17H17FN2O4S. The lowest BCUT2D eigenvalue weighted by molar-refractivity contribution is -0.119. The predicted molar refractivity (Wildman–Crippen MR) is 93.4 cm³/mol. The van der Waals surface area contributed by atoms with E-state index in [4.69, 9.17) is 4.74 Å². The number of thiophene rings is 1. The van der Waals surface area contributed by atoms with Gasteiger partial charge in [0.2, 0.25) is 5.91 Å². The molecule has 1 aromatic carbocycles. The van der Waals surface area contributed by atoms with Gasteiger partial charge in [-0.2, -0.15) is 0 Å². The van der Waals surface area contributed by atoms with Gasteiger partial charge >= 0.3 is 5.97 Å². The second-order valence-electron chi connectivity index (χ2n) is 5.30. The van der Waals surface area contributed by atoms with E-state index in [1.165, 1.54) is 36.5 Å². The molecule has 6 nitrogen and oxygen atoms in total. The summed E-state index contributed by atoms with van der Waals surface area (Å²) in [5.74, 6) is -2.09. The maximum atomic E-state index is 13.1. The number of carbonyl (C=O) groups is 3. The van der Waals surface area contributed by atoms with Crippen LogP contribution in [0.15, 0.2) is 24.3 Å². The zero-order valence-electron chi connectivity index (χ0n) is 13.9. The Labute approximate surface area is 148 Å². The van der Waals surface area contributed by atoms with Crippen LogP contribution >= 0.6 is 11.3 Å². The number of rotatable bonds is 5. The number of nitrogens with one attached hydrogen (secondary N) is 2. The van der Waals surface area contributed by atoms with Crippen LogP contribution in [-0.4, -0.2) is 24.4 Å². The van der Waals surface area contributed by atoms with Crippen LogP contribution in [0.4, 0.5) is 15.1 Å². The maximum Gasteiger partial charge on any atom is 0.341 e. The Kier molecular flexibility index (Phi) is 5.87. The van der Waals surface area contributed by atoms with Crippen molar-refractivity contribution in [3.63, 3.8) is 0 Å². The number of halogens is 1. The molecule has 1 aromatic heterocycles. The Morgan fingerprint density at radius 1 is 1.20 bits per heavy atom. The summed E-state index contributed by atoms with van der Waals surface area (Å²) in [4.78, 5) is 36.2. The Balaban J connectivity index is 2.02. The van der Waals surface area contributed by atoms with Gasteiger partial charge in [-0.1, -0.05) is 6.07 Å². The van der Waals surface area contributed by atoms with Gasteiger partial charge in [0.1, 0.15) is 10.8 Å². The minimum absolute atomic E-state index is 0.233. The van der Waals surface area contributed by atoms with E-state index in [1.54, 1.807) is 6.92 Å². The van der Waals surface area contributed by atoms with Crippen molar-refractivity contribution in [1.82, 2.24) is 0 Å². The van der Waals surface area contributed by atoms with E-state index in [1.807, 2.05) is 6.92 Å². The van der Waals surface area contributed by atoms with Crippen molar-refractivity contribution >= 4 is 39.8 Å². The normalized spacial score (nSPS) is 10.2. The zero-order valence-corrected chi connectivity index (χ0v) is 14.8. The van der Waals surface area contributed by atoms with Crippen LogP contribution in [0.5, 0.6) is 0 Å². The molecular weight excluding hydrogens is 347 g/mol. The second kappa shape index (κ2) is 7.89. The van der Waals surface area contributed by atoms with Gasteiger partial charge in [0, 0.05) is 17.5 Å². The number of esters is 1. The predicted octanol–water partition coefficient (Wildman–Crippen LogP) is 3.26. The van der Waals surface area contributed by atoms with Crippen molar-refractivity contribution in [2.24, 2.45) is 0 Å². The first-order valence-corrected chi connectivity index (χ1v) is 8.19. The molecule has 2 N–H and O–H groups in total. The molecule has 2 amide bonds. The molecule has 0 atom stereocenters. The van der Waals surface area contributed by atoms with Crippen LogP contribution in [0.3, 0.4) is 0 Å². The van der Waals surface area contributed by atoms with Gasteiger partial charge in [-0.05, 0) is 37.6 Å². The lowest BCUT2D eigenvalue weighted by Gasteiger charge is -2.08. The number of anilines is 2. The number of benzene rings is 1. The Bertz CT molecular complexity index is 832. The number of hydrogen-bond donors (Lipinski definition) is 2. The minimum atomic E-state index is -0.708. The first kappa shape index (κ1) is 18.6. The first-order valence-electron chi connectivity index (χ1n) is 7.38. The molecule has 0 fully saturated rings. The maximum absolute atomic E-state index is 13.1. The van der Waals surface area contributed by atoms with Gasteiger partial charge in [-0.3, -0.25) is 9.59 Å². The van der Waals surface area contributed by atoms with Gasteiger partial charge in [0.05, 0.1) is 5.56 Å². The molecule has 132 valence electrons. The van der Waals surface area contributed by atoms with Crippen LogP contribution in [0.2, 0.25) is 0 Å². The molecule has 25 heavy (non-hydrogen) atoms. The quantitative estimate of drug-likeness (QED) is 0.798. The average Bonchev–Trinajstić information content (AvgIpc) is 2.78. The van der Waals surface area contributed by atoms with E-state index in [9.17, 15) is 18.8 Å². The average molecular weight is 364 g/mol. The fraction of sp³-hybridized carbons (Fsp3) is 0.235. The zero-order chi connectivity index (χ0) is 18.6. The van der Waals surface area contributed by atoms with Gasteiger partial charge < -0.3 is 15.4 Å². The summed E-state index contributed by atoms with van der Waals surface area (Å²) in [5, 5.41) is 5.41. The molecule has 0 aliphatic heterocycles. The molecule has 0 bridgehead atoms. The van der Waals surface area contributed by atoms with Gasteiger partial charge in [-0.25, -0.2) is 9.18 Å². The molecule has 8 heteroatoms. The topological polar surface area (TPSA) is 84.5 Å². The number of amides is 2. The molecule has 0 saturated carbocycles. The largest absolute Gasteiger partial charge is 0.452 e. The molecule has 0 radical (unpaired) electrons. The fourth-order valence-corrected chi connectivity index (χ4v) is 3.18. The fourth-order valence-electron chi connectivity index (χ4n) is 2.09. The van der Waals surface area contributed by atoms with Gasteiger partial charge in [-0.15, -0.1) is 11.3 Å². The van der Waals surface area contributed by atoms with Crippen molar-refractivity contribution in [3.8, 4) is 0 Å². The number of ether oxygens (including phenoxy) is 1. The third-order valence-corrected chi connectivity index (χ3v) is 4.44. The van der Waals surface area contributed by atoms with Gasteiger partial charge in [0.15, 0.2) is 6.61 Å².